The lowest BCUT2D eigenvalue weighted by Crippen LogP contribution is -2.44. The van der Waals surface area contributed by atoms with Crippen LogP contribution in [0.1, 0.15) is 40.5 Å². The van der Waals surface area contributed by atoms with Crippen molar-refractivity contribution in [1.29, 1.82) is 0 Å². The van der Waals surface area contributed by atoms with Crippen LogP contribution in [0.2, 0.25) is 0 Å². The van der Waals surface area contributed by atoms with E-state index in [2.05, 4.69) is 33.8 Å². The van der Waals surface area contributed by atoms with E-state index in [1.165, 1.54) is 11.6 Å². The smallest absolute Gasteiger partial charge is 0.336 e. The van der Waals surface area contributed by atoms with Gasteiger partial charge in [-0.15, -0.1) is 0 Å². The van der Waals surface area contributed by atoms with Crippen molar-refractivity contribution >= 4 is 16.8 Å². The topological polar surface area (TPSA) is 56.5 Å². The Hall–Kier alpha value is -2.36. The number of rotatable bonds is 3. The molecule has 1 saturated carbocycles. The van der Waals surface area contributed by atoms with Gasteiger partial charge in [0.25, 0.3) is 0 Å². The van der Waals surface area contributed by atoms with Crippen LogP contribution < -0.4 is 10.4 Å². The largest absolute Gasteiger partial charge is 0.493 e. The highest BCUT2D eigenvalue weighted by Gasteiger charge is 2.60. The molecule has 0 radical (unpaired) electrons. The number of carbonyl (C=O) groups excluding carboxylic acids is 1. The summed E-state index contributed by atoms with van der Waals surface area (Å²) < 4.78 is 11.3. The van der Waals surface area contributed by atoms with Crippen molar-refractivity contribution in [3.63, 3.8) is 0 Å². The van der Waals surface area contributed by atoms with Gasteiger partial charge in [0.2, 0.25) is 0 Å². The van der Waals surface area contributed by atoms with Crippen molar-refractivity contribution in [2.24, 2.45) is 22.7 Å². The molecule has 0 aliphatic heterocycles. The molecule has 1 aromatic carbocycles. The Balaban J connectivity index is 1.60. The molecule has 2 aromatic rings. The van der Waals surface area contributed by atoms with Crippen LogP contribution in [0, 0.1) is 22.7 Å². The molecule has 142 valence electrons. The second-order valence-electron chi connectivity index (χ2n) is 8.95. The first-order chi connectivity index (χ1) is 12.7. The normalized spacial score (nSPS) is 29.5. The van der Waals surface area contributed by atoms with E-state index >= 15 is 0 Å². The van der Waals surface area contributed by atoms with Crippen LogP contribution in [0.3, 0.4) is 0 Å². The molecule has 2 aliphatic rings. The van der Waals surface area contributed by atoms with E-state index in [1.54, 1.807) is 12.1 Å². The van der Waals surface area contributed by atoms with Crippen molar-refractivity contribution in [3.8, 4) is 5.75 Å². The summed E-state index contributed by atoms with van der Waals surface area (Å²) in [6.45, 7) is 9.16. The summed E-state index contributed by atoms with van der Waals surface area (Å²) in [5, 5.41) is 0.859. The van der Waals surface area contributed by atoms with E-state index in [0.717, 1.165) is 11.8 Å². The summed E-state index contributed by atoms with van der Waals surface area (Å²) in [5.74, 6) is 1.41. The van der Waals surface area contributed by atoms with Gasteiger partial charge in [0.15, 0.2) is 0 Å². The molecule has 4 heteroatoms. The number of ether oxygens (including phenoxy) is 1. The maximum atomic E-state index is 13.0. The molecule has 2 aliphatic carbocycles. The zero-order chi connectivity index (χ0) is 19.4. The molecule has 3 unspecified atom stereocenters. The van der Waals surface area contributed by atoms with Crippen molar-refractivity contribution < 1.29 is 13.9 Å². The van der Waals surface area contributed by atoms with Crippen LogP contribution in [-0.4, -0.2) is 12.4 Å². The molecule has 0 amide bonds. The van der Waals surface area contributed by atoms with Crippen LogP contribution in [-0.2, 0) is 4.79 Å². The second-order valence-corrected chi connectivity index (χ2v) is 8.95. The Labute approximate surface area is 159 Å². The first kappa shape index (κ1) is 18.0. The fourth-order valence-corrected chi connectivity index (χ4v) is 5.49. The Morgan fingerprint density at radius 2 is 1.89 bits per heavy atom. The molecule has 1 aromatic heterocycles. The highest BCUT2D eigenvalue weighted by atomic mass is 16.5. The number of ketones is 1. The summed E-state index contributed by atoms with van der Waals surface area (Å²) >= 11 is 0. The number of carbonyl (C=O) groups is 1. The van der Waals surface area contributed by atoms with Gasteiger partial charge in [-0.2, -0.15) is 0 Å². The maximum absolute atomic E-state index is 13.0. The van der Waals surface area contributed by atoms with Crippen molar-refractivity contribution in [3.05, 3.63) is 52.4 Å². The Morgan fingerprint density at radius 3 is 2.67 bits per heavy atom. The minimum Gasteiger partial charge on any atom is -0.493 e. The number of hydrogen-bond donors (Lipinski definition) is 0. The minimum absolute atomic E-state index is 0.0164. The second kappa shape index (κ2) is 6.08. The Kier molecular flexibility index (Phi) is 4.06. The fourth-order valence-electron chi connectivity index (χ4n) is 5.49. The average molecular weight is 366 g/mol. The van der Waals surface area contributed by atoms with E-state index in [1.807, 2.05) is 12.1 Å². The predicted molar refractivity (Wildman–Crippen MR) is 105 cm³/mol. The van der Waals surface area contributed by atoms with Gasteiger partial charge in [-0.3, -0.25) is 4.79 Å². The van der Waals surface area contributed by atoms with Gasteiger partial charge >= 0.3 is 5.63 Å². The first-order valence-electron chi connectivity index (χ1n) is 9.58. The van der Waals surface area contributed by atoms with E-state index in [9.17, 15) is 9.59 Å². The summed E-state index contributed by atoms with van der Waals surface area (Å²) in [7, 11) is 0. The van der Waals surface area contributed by atoms with Gasteiger partial charge in [0, 0.05) is 35.3 Å². The molecule has 0 N–H and O–H groups in total. The molecule has 0 spiro atoms. The minimum atomic E-state index is -0.383. The number of allylic oxidation sites excluding steroid dienone is 2. The summed E-state index contributed by atoms with van der Waals surface area (Å²) in [5.41, 5.74) is 1.07. The maximum Gasteiger partial charge on any atom is 0.336 e. The van der Waals surface area contributed by atoms with Crippen LogP contribution >= 0.6 is 0 Å². The van der Waals surface area contributed by atoms with Gasteiger partial charge in [0.05, 0.1) is 6.61 Å². The van der Waals surface area contributed by atoms with Crippen LogP contribution in [0.5, 0.6) is 5.75 Å². The van der Waals surface area contributed by atoms with Crippen molar-refractivity contribution in [1.82, 2.24) is 0 Å². The third-order valence-electron chi connectivity index (χ3n) is 6.67. The first-order valence-corrected chi connectivity index (χ1v) is 9.58. The molecule has 1 heterocycles. The predicted octanol–water partition coefficient (Wildman–Crippen LogP) is 4.76. The third kappa shape index (κ3) is 2.82. The SMILES string of the molecule is CC1=CCC(COc2ccc3ccc(=O)oc3c2)C2(C)C(=O)CC(C)(C)C12. The van der Waals surface area contributed by atoms with Crippen LogP contribution in [0.25, 0.3) is 11.0 Å². The number of fused-ring (bicyclic) bond motifs is 2. The van der Waals surface area contributed by atoms with E-state index in [-0.39, 0.29) is 28.3 Å². The Morgan fingerprint density at radius 1 is 1.15 bits per heavy atom. The molecular weight excluding hydrogens is 340 g/mol. The molecular formula is C23H26O4. The van der Waals surface area contributed by atoms with E-state index < -0.39 is 0 Å². The number of hydrogen-bond acceptors (Lipinski definition) is 4. The molecule has 0 saturated heterocycles. The van der Waals surface area contributed by atoms with Crippen LogP contribution in [0.4, 0.5) is 0 Å². The lowest BCUT2D eigenvalue weighted by molar-refractivity contribution is -0.130. The van der Waals surface area contributed by atoms with Crippen LogP contribution in [0.15, 0.2) is 51.2 Å². The van der Waals surface area contributed by atoms with E-state index in [4.69, 9.17) is 9.15 Å². The highest BCUT2D eigenvalue weighted by molar-refractivity contribution is 5.89. The molecule has 1 fully saturated rings. The summed E-state index contributed by atoms with van der Waals surface area (Å²) in [6.07, 6.45) is 3.75. The molecule has 27 heavy (non-hydrogen) atoms. The van der Waals surface area contributed by atoms with Gasteiger partial charge in [-0.25, -0.2) is 4.79 Å². The molecule has 4 rings (SSSR count). The van der Waals surface area contributed by atoms with Gasteiger partial charge < -0.3 is 9.15 Å². The van der Waals surface area contributed by atoms with Crippen molar-refractivity contribution in [2.45, 2.75) is 40.5 Å². The fraction of sp³-hybridized carbons (Fsp3) is 0.478. The lowest BCUT2D eigenvalue weighted by Gasteiger charge is -2.45. The number of benzene rings is 1. The van der Waals surface area contributed by atoms with E-state index in [0.29, 0.717) is 30.1 Å². The Bertz CT molecular complexity index is 997. The molecule has 3 atom stereocenters. The van der Waals surface area contributed by atoms with Gasteiger partial charge in [-0.1, -0.05) is 32.4 Å². The molecule has 4 nitrogen and oxygen atoms in total. The monoisotopic (exact) mass is 366 g/mol. The molecule has 0 bridgehead atoms. The third-order valence-corrected chi connectivity index (χ3v) is 6.67. The standard InChI is InChI=1S/C23H26O4/c1-14-5-8-16(23(4)19(24)12-22(2,3)21(14)23)13-26-17-9-6-15-7-10-20(25)27-18(15)11-17/h5-7,9-11,16,21H,8,12-13H2,1-4H3. The number of Topliss-reactive ketones (excluding diaryl/α,β-unsaturated/α-hetero) is 1. The zero-order valence-corrected chi connectivity index (χ0v) is 16.4. The average Bonchev–Trinajstić information content (AvgIpc) is 2.79. The highest BCUT2D eigenvalue weighted by Crippen LogP contribution is 2.60. The lowest BCUT2D eigenvalue weighted by atomic mass is 9.58. The zero-order valence-electron chi connectivity index (χ0n) is 16.4. The van der Waals surface area contributed by atoms with Gasteiger partial charge in [-0.05, 0) is 42.9 Å². The summed E-state index contributed by atoms with van der Waals surface area (Å²) in [6, 6.07) is 8.67. The van der Waals surface area contributed by atoms with Gasteiger partial charge in [0.1, 0.15) is 17.1 Å². The summed E-state index contributed by atoms with van der Waals surface area (Å²) in [4.78, 5) is 24.4. The van der Waals surface area contributed by atoms with Crippen molar-refractivity contribution in [2.75, 3.05) is 6.61 Å². The quantitative estimate of drug-likeness (QED) is 0.580.